The maximum atomic E-state index is 5.86. The minimum atomic E-state index is -0.0312. The van der Waals surface area contributed by atoms with E-state index in [1.807, 2.05) is 13.0 Å². The third-order valence-corrected chi connectivity index (χ3v) is 2.52. The lowest BCUT2D eigenvalue weighted by atomic mass is 9.98. The molecule has 1 N–H and O–H groups in total. The number of hydrogen-bond donors (Lipinski definition) is 1. The minimum absolute atomic E-state index is 0.0312. The molecule has 0 fully saturated rings. The van der Waals surface area contributed by atoms with Gasteiger partial charge in [0.05, 0.1) is 0 Å². The van der Waals surface area contributed by atoms with Crippen molar-refractivity contribution in [2.75, 3.05) is 5.32 Å². The molecule has 2 rings (SSSR count). The molecule has 1 aliphatic heterocycles. The van der Waals surface area contributed by atoms with Gasteiger partial charge in [-0.05, 0) is 32.9 Å². The van der Waals surface area contributed by atoms with Gasteiger partial charge in [-0.1, -0.05) is 11.6 Å². The number of rotatable bonds is 0. The van der Waals surface area contributed by atoms with E-state index in [0.717, 1.165) is 23.6 Å². The maximum Gasteiger partial charge on any atom is 0.154 e. The predicted octanol–water partition coefficient (Wildman–Crippen LogP) is 3.42. The van der Waals surface area contributed by atoms with Gasteiger partial charge in [-0.3, -0.25) is 4.99 Å². The summed E-state index contributed by atoms with van der Waals surface area (Å²) in [5.74, 6) is 0.768. The van der Waals surface area contributed by atoms with Crippen LogP contribution in [0.5, 0.6) is 0 Å². The Labute approximate surface area is 94.6 Å². The summed E-state index contributed by atoms with van der Waals surface area (Å²) in [6.45, 7) is 6.29. The molecule has 80 valence electrons. The SMILES string of the molecule is CC1=Nc2ccc(Cl)nc2NC(C)(C)C1. The highest BCUT2D eigenvalue weighted by Gasteiger charge is 2.23. The van der Waals surface area contributed by atoms with Crippen molar-refractivity contribution in [3.63, 3.8) is 0 Å². The van der Waals surface area contributed by atoms with Crippen LogP contribution in [-0.4, -0.2) is 16.2 Å². The van der Waals surface area contributed by atoms with Crippen LogP contribution in [0, 0.1) is 0 Å². The van der Waals surface area contributed by atoms with Crippen LogP contribution in [0.4, 0.5) is 11.5 Å². The van der Waals surface area contributed by atoms with Crippen molar-refractivity contribution in [1.29, 1.82) is 0 Å². The summed E-state index contributed by atoms with van der Waals surface area (Å²) >= 11 is 5.86. The van der Waals surface area contributed by atoms with Gasteiger partial charge in [-0.25, -0.2) is 4.98 Å². The minimum Gasteiger partial charge on any atom is -0.363 e. The smallest absolute Gasteiger partial charge is 0.154 e. The molecule has 15 heavy (non-hydrogen) atoms. The molecule has 2 heterocycles. The lowest BCUT2D eigenvalue weighted by Crippen LogP contribution is -2.32. The average molecular weight is 224 g/mol. The van der Waals surface area contributed by atoms with Gasteiger partial charge >= 0.3 is 0 Å². The zero-order valence-corrected chi connectivity index (χ0v) is 9.89. The molecule has 1 aromatic rings. The normalized spacial score (nSPS) is 18.5. The molecule has 0 aliphatic carbocycles. The van der Waals surface area contributed by atoms with Crippen LogP contribution in [0.2, 0.25) is 5.15 Å². The first kappa shape index (κ1) is 10.4. The highest BCUT2D eigenvalue weighted by Crippen LogP contribution is 2.31. The molecule has 0 saturated carbocycles. The largest absolute Gasteiger partial charge is 0.363 e. The highest BCUT2D eigenvalue weighted by molar-refractivity contribution is 6.29. The molecular formula is C11H14ClN3. The van der Waals surface area contributed by atoms with Crippen molar-refractivity contribution in [2.45, 2.75) is 32.7 Å². The quantitative estimate of drug-likeness (QED) is 0.685. The molecule has 0 radical (unpaired) electrons. The maximum absolute atomic E-state index is 5.86. The standard InChI is InChI=1S/C11H14ClN3/c1-7-6-11(2,3)15-10-8(13-7)4-5-9(12)14-10/h4-5H,6H2,1-3H3,(H,14,15). The van der Waals surface area contributed by atoms with Crippen LogP contribution in [0.1, 0.15) is 27.2 Å². The van der Waals surface area contributed by atoms with Crippen LogP contribution >= 0.6 is 11.6 Å². The summed E-state index contributed by atoms with van der Waals surface area (Å²) in [5.41, 5.74) is 1.94. The van der Waals surface area contributed by atoms with Crippen molar-refractivity contribution >= 4 is 28.8 Å². The number of pyridine rings is 1. The summed E-state index contributed by atoms with van der Waals surface area (Å²) < 4.78 is 0. The van der Waals surface area contributed by atoms with Gasteiger partial charge < -0.3 is 5.32 Å². The van der Waals surface area contributed by atoms with E-state index in [0.29, 0.717) is 5.15 Å². The van der Waals surface area contributed by atoms with Gasteiger partial charge in [0.15, 0.2) is 5.82 Å². The van der Waals surface area contributed by atoms with Crippen molar-refractivity contribution in [2.24, 2.45) is 4.99 Å². The van der Waals surface area contributed by atoms with Crippen molar-refractivity contribution in [3.8, 4) is 0 Å². The molecule has 1 aromatic heterocycles. The predicted molar refractivity (Wildman–Crippen MR) is 64.3 cm³/mol. The van der Waals surface area contributed by atoms with E-state index in [1.165, 1.54) is 0 Å². The Hall–Kier alpha value is -1.09. The number of nitrogens with one attached hydrogen (secondary N) is 1. The van der Waals surface area contributed by atoms with Crippen molar-refractivity contribution in [3.05, 3.63) is 17.3 Å². The van der Waals surface area contributed by atoms with Crippen LogP contribution in [-0.2, 0) is 0 Å². The molecular weight excluding hydrogens is 210 g/mol. The zero-order chi connectivity index (χ0) is 11.1. The van der Waals surface area contributed by atoms with E-state index in [1.54, 1.807) is 6.07 Å². The topological polar surface area (TPSA) is 37.3 Å². The molecule has 0 atom stereocenters. The van der Waals surface area contributed by atoms with E-state index >= 15 is 0 Å². The Bertz CT molecular complexity index is 424. The number of aromatic nitrogens is 1. The first-order valence-electron chi connectivity index (χ1n) is 4.95. The molecule has 0 spiro atoms. The van der Waals surface area contributed by atoms with Crippen molar-refractivity contribution in [1.82, 2.24) is 4.98 Å². The van der Waals surface area contributed by atoms with Crippen LogP contribution in [0.3, 0.4) is 0 Å². The first-order valence-corrected chi connectivity index (χ1v) is 5.33. The second-order valence-corrected chi connectivity index (χ2v) is 4.92. The van der Waals surface area contributed by atoms with Crippen molar-refractivity contribution < 1.29 is 0 Å². The number of halogens is 1. The molecule has 4 heteroatoms. The van der Waals surface area contributed by atoms with Gasteiger partial charge in [0.2, 0.25) is 0 Å². The van der Waals surface area contributed by atoms with Gasteiger partial charge in [0, 0.05) is 17.7 Å². The number of fused-ring (bicyclic) bond motifs is 1. The van der Waals surface area contributed by atoms with E-state index < -0.39 is 0 Å². The van der Waals surface area contributed by atoms with Gasteiger partial charge in [0.25, 0.3) is 0 Å². The number of anilines is 1. The van der Waals surface area contributed by atoms with Crippen LogP contribution in [0.15, 0.2) is 17.1 Å². The fourth-order valence-electron chi connectivity index (χ4n) is 1.86. The Morgan fingerprint density at radius 1 is 1.40 bits per heavy atom. The number of aliphatic imine (C=N–C) groups is 1. The monoisotopic (exact) mass is 223 g/mol. The fraction of sp³-hybridized carbons (Fsp3) is 0.455. The summed E-state index contributed by atoms with van der Waals surface area (Å²) in [7, 11) is 0. The van der Waals surface area contributed by atoms with E-state index in [4.69, 9.17) is 11.6 Å². The van der Waals surface area contributed by atoms with Crippen LogP contribution in [0.25, 0.3) is 0 Å². The Morgan fingerprint density at radius 3 is 2.87 bits per heavy atom. The lowest BCUT2D eigenvalue weighted by molar-refractivity contribution is 0.592. The Morgan fingerprint density at radius 2 is 2.13 bits per heavy atom. The lowest BCUT2D eigenvalue weighted by Gasteiger charge is -2.24. The van der Waals surface area contributed by atoms with E-state index in [9.17, 15) is 0 Å². The summed E-state index contributed by atoms with van der Waals surface area (Å²) in [6, 6.07) is 3.65. The van der Waals surface area contributed by atoms with Gasteiger partial charge in [-0.15, -0.1) is 0 Å². The molecule has 3 nitrogen and oxygen atoms in total. The second-order valence-electron chi connectivity index (χ2n) is 4.53. The summed E-state index contributed by atoms with van der Waals surface area (Å²) in [5, 5.41) is 3.85. The molecule has 0 unspecified atom stereocenters. The zero-order valence-electron chi connectivity index (χ0n) is 9.13. The summed E-state index contributed by atoms with van der Waals surface area (Å²) in [6.07, 6.45) is 0.904. The molecule has 0 aromatic carbocycles. The Balaban J connectivity index is 2.52. The molecule has 0 amide bonds. The number of hydrogen-bond acceptors (Lipinski definition) is 3. The second kappa shape index (κ2) is 3.49. The first-order chi connectivity index (χ1) is 6.96. The van der Waals surface area contributed by atoms with E-state index in [-0.39, 0.29) is 5.54 Å². The van der Waals surface area contributed by atoms with Gasteiger partial charge in [0.1, 0.15) is 10.8 Å². The van der Waals surface area contributed by atoms with Gasteiger partial charge in [-0.2, -0.15) is 0 Å². The molecule has 0 bridgehead atoms. The fourth-order valence-corrected chi connectivity index (χ4v) is 2.01. The Kier molecular flexibility index (Phi) is 2.43. The average Bonchev–Trinajstić information content (AvgIpc) is 2.17. The number of nitrogens with zero attached hydrogens (tertiary/aromatic N) is 2. The van der Waals surface area contributed by atoms with E-state index in [2.05, 4.69) is 29.1 Å². The molecule has 0 saturated heterocycles. The molecule has 1 aliphatic rings. The van der Waals surface area contributed by atoms with Crippen LogP contribution < -0.4 is 5.32 Å². The highest BCUT2D eigenvalue weighted by atomic mass is 35.5. The summed E-state index contributed by atoms with van der Waals surface area (Å²) in [4.78, 5) is 8.76. The third kappa shape index (κ3) is 2.29. The third-order valence-electron chi connectivity index (χ3n) is 2.31.